The van der Waals surface area contributed by atoms with Crippen molar-refractivity contribution in [1.29, 1.82) is 0 Å². The lowest BCUT2D eigenvalue weighted by Gasteiger charge is -2.30. The molecule has 2 heterocycles. The van der Waals surface area contributed by atoms with Crippen molar-refractivity contribution < 1.29 is 19.1 Å². The molecule has 160 valence electrons. The number of anilines is 1. The molecule has 3 aromatic rings. The van der Waals surface area contributed by atoms with Crippen LogP contribution in [0, 0.1) is 5.92 Å². The lowest BCUT2D eigenvalue weighted by atomic mass is 10.1. The first-order valence-corrected chi connectivity index (χ1v) is 9.98. The third-order valence-electron chi connectivity index (χ3n) is 4.55. The van der Waals surface area contributed by atoms with Crippen LogP contribution in [0.3, 0.4) is 0 Å². The number of hydrogen-bond donors (Lipinski definition) is 2. The predicted octanol–water partition coefficient (Wildman–Crippen LogP) is 1.78. The number of nitrogens with zero attached hydrogens (tertiary/aromatic N) is 3. The Bertz CT molecular complexity index is 1230. The maximum Gasteiger partial charge on any atom is 0.278 e. The highest BCUT2D eigenvalue weighted by atomic mass is 32.1. The van der Waals surface area contributed by atoms with Gasteiger partial charge in [-0.15, -0.1) is 0 Å². The Morgan fingerprint density at radius 3 is 2.69 bits per heavy atom. The minimum absolute atomic E-state index is 0.0174. The third kappa shape index (κ3) is 4.60. The Morgan fingerprint density at radius 1 is 1.12 bits per heavy atom. The van der Waals surface area contributed by atoms with Crippen LogP contribution in [0.5, 0.6) is 5.88 Å². The molecular formula is C22H17N5O4S. The van der Waals surface area contributed by atoms with Crippen molar-refractivity contribution >= 4 is 57.9 Å². The number of aromatic nitrogens is 1. The minimum atomic E-state index is -1.25. The Balaban J connectivity index is 1.35. The summed E-state index contributed by atoms with van der Waals surface area (Å²) in [4.78, 5) is 42.5. The van der Waals surface area contributed by atoms with Gasteiger partial charge < -0.3 is 10.1 Å². The lowest BCUT2D eigenvalue weighted by molar-refractivity contribution is -0.130. The van der Waals surface area contributed by atoms with Gasteiger partial charge in [-0.1, -0.05) is 36.4 Å². The quantitative estimate of drug-likeness (QED) is 0.258. The van der Waals surface area contributed by atoms with Crippen molar-refractivity contribution in [3.8, 4) is 5.88 Å². The molecule has 4 rings (SSSR count). The van der Waals surface area contributed by atoms with Gasteiger partial charge in [0.15, 0.2) is 17.6 Å². The number of hydrogen-bond acceptors (Lipinski definition) is 7. The molecule has 32 heavy (non-hydrogen) atoms. The molecule has 0 unspecified atom stereocenters. The fourth-order valence-electron chi connectivity index (χ4n) is 3.03. The first-order chi connectivity index (χ1) is 15.5. The summed E-state index contributed by atoms with van der Waals surface area (Å²) >= 11 is 5.12. The molecule has 1 saturated heterocycles. The van der Waals surface area contributed by atoms with E-state index < -0.39 is 23.6 Å². The number of thiocarbonyl (C=S) groups is 1. The van der Waals surface area contributed by atoms with Gasteiger partial charge in [0.25, 0.3) is 11.8 Å². The first kappa shape index (κ1) is 21.1. The molecule has 9 nitrogen and oxygen atoms in total. The molecule has 1 aromatic heterocycles. The van der Waals surface area contributed by atoms with Crippen molar-refractivity contribution in [2.24, 2.45) is 11.0 Å². The zero-order valence-electron chi connectivity index (χ0n) is 16.6. The lowest BCUT2D eigenvalue weighted by Crippen LogP contribution is -2.58. The average Bonchev–Trinajstić information content (AvgIpc) is 2.80. The van der Waals surface area contributed by atoms with E-state index >= 15 is 0 Å². The zero-order valence-corrected chi connectivity index (χ0v) is 17.4. The second kappa shape index (κ2) is 9.31. The highest BCUT2D eigenvalue weighted by molar-refractivity contribution is 7.80. The largest absolute Gasteiger partial charge is 0.467 e. The standard InChI is InChI=1S/C22H17N5O4S/c28-18(13-31-19-11-10-14-6-4-5-9-17(14)24-19)26-23-12-16-20(29)25-22(32)27(21(16)30)15-7-2-1-3-8-15/h1-12,16H,13H2,(H,26,28)(H,25,29,32)/b23-12-/t16-/m1/s1. The number of amides is 3. The van der Waals surface area contributed by atoms with Crippen LogP contribution in [0.1, 0.15) is 0 Å². The van der Waals surface area contributed by atoms with Crippen molar-refractivity contribution in [2.45, 2.75) is 0 Å². The van der Waals surface area contributed by atoms with Crippen LogP contribution in [0.4, 0.5) is 5.69 Å². The van der Waals surface area contributed by atoms with E-state index in [0.29, 0.717) is 5.69 Å². The smallest absolute Gasteiger partial charge is 0.278 e. The van der Waals surface area contributed by atoms with E-state index in [2.05, 4.69) is 20.8 Å². The minimum Gasteiger partial charge on any atom is -0.467 e. The van der Waals surface area contributed by atoms with Gasteiger partial charge in [-0.05, 0) is 36.5 Å². The molecule has 1 fully saturated rings. The van der Waals surface area contributed by atoms with Gasteiger partial charge in [-0.25, -0.2) is 10.4 Å². The number of carbonyl (C=O) groups is 3. The van der Waals surface area contributed by atoms with Crippen molar-refractivity contribution in [3.63, 3.8) is 0 Å². The fraction of sp³-hybridized carbons (Fsp3) is 0.0909. The summed E-state index contributed by atoms with van der Waals surface area (Å²) < 4.78 is 5.38. The van der Waals surface area contributed by atoms with Crippen LogP contribution in [-0.2, 0) is 14.4 Å². The average molecular weight is 447 g/mol. The monoisotopic (exact) mass is 447 g/mol. The molecule has 0 spiro atoms. The number of hydrazone groups is 1. The number of fused-ring (bicyclic) bond motifs is 1. The van der Waals surface area contributed by atoms with Gasteiger partial charge in [0.2, 0.25) is 11.8 Å². The highest BCUT2D eigenvalue weighted by Gasteiger charge is 2.38. The van der Waals surface area contributed by atoms with Crippen LogP contribution >= 0.6 is 12.2 Å². The van der Waals surface area contributed by atoms with E-state index in [1.807, 2.05) is 30.3 Å². The normalized spacial score (nSPS) is 16.3. The SMILES string of the molecule is O=C(COc1ccc2ccccc2n1)N/N=C\[C@@H]1C(=O)NC(=S)N(c2ccccc2)C1=O. The molecule has 1 aliphatic heterocycles. The molecule has 0 aliphatic carbocycles. The van der Waals surface area contributed by atoms with Crippen LogP contribution in [0.2, 0.25) is 0 Å². The van der Waals surface area contributed by atoms with Gasteiger partial charge in [-0.3, -0.25) is 19.3 Å². The van der Waals surface area contributed by atoms with E-state index in [1.165, 1.54) is 4.90 Å². The second-order valence-corrected chi connectivity index (χ2v) is 7.11. The second-order valence-electron chi connectivity index (χ2n) is 6.73. The Labute approximate surface area is 188 Å². The highest BCUT2D eigenvalue weighted by Crippen LogP contribution is 2.19. The molecule has 2 N–H and O–H groups in total. The molecular weight excluding hydrogens is 430 g/mol. The number of carbonyl (C=O) groups excluding carboxylic acids is 3. The third-order valence-corrected chi connectivity index (χ3v) is 4.84. The summed E-state index contributed by atoms with van der Waals surface area (Å²) in [5, 5.41) is 7.14. The Kier molecular flexibility index (Phi) is 6.13. The maximum atomic E-state index is 12.8. The van der Waals surface area contributed by atoms with Crippen molar-refractivity contribution in [3.05, 3.63) is 66.7 Å². The van der Waals surface area contributed by atoms with E-state index in [-0.39, 0.29) is 17.6 Å². The number of para-hydroxylation sites is 2. The predicted molar refractivity (Wildman–Crippen MR) is 122 cm³/mol. The summed E-state index contributed by atoms with van der Waals surface area (Å²) in [5.41, 5.74) is 3.50. The van der Waals surface area contributed by atoms with Gasteiger partial charge in [0.1, 0.15) is 0 Å². The van der Waals surface area contributed by atoms with Crippen LogP contribution in [0.25, 0.3) is 10.9 Å². The number of pyridine rings is 1. The van der Waals surface area contributed by atoms with Crippen LogP contribution in [0.15, 0.2) is 71.8 Å². The van der Waals surface area contributed by atoms with Crippen molar-refractivity contribution in [1.82, 2.24) is 15.7 Å². The molecule has 3 amide bonds. The Morgan fingerprint density at radius 2 is 1.88 bits per heavy atom. The topological polar surface area (TPSA) is 113 Å². The fourth-order valence-corrected chi connectivity index (χ4v) is 3.32. The molecule has 10 heteroatoms. The summed E-state index contributed by atoms with van der Waals surface area (Å²) in [5.74, 6) is -2.72. The van der Waals surface area contributed by atoms with E-state index in [4.69, 9.17) is 17.0 Å². The molecule has 0 bridgehead atoms. The van der Waals surface area contributed by atoms with E-state index in [9.17, 15) is 14.4 Å². The van der Waals surface area contributed by atoms with Crippen LogP contribution < -0.4 is 20.4 Å². The summed E-state index contributed by atoms with van der Waals surface area (Å²) in [6.07, 6.45) is 1.06. The summed E-state index contributed by atoms with van der Waals surface area (Å²) in [6, 6.07) is 19.7. The van der Waals surface area contributed by atoms with Gasteiger partial charge in [0.05, 0.1) is 11.2 Å². The van der Waals surface area contributed by atoms with E-state index in [1.54, 1.807) is 36.4 Å². The summed E-state index contributed by atoms with van der Waals surface area (Å²) in [7, 11) is 0. The molecule has 1 aliphatic rings. The van der Waals surface area contributed by atoms with E-state index in [0.717, 1.165) is 17.1 Å². The molecule has 0 saturated carbocycles. The Hall–Kier alpha value is -4.18. The van der Waals surface area contributed by atoms with Crippen molar-refractivity contribution in [2.75, 3.05) is 11.5 Å². The van der Waals surface area contributed by atoms with Gasteiger partial charge >= 0.3 is 0 Å². The number of ether oxygens (including phenoxy) is 1. The number of benzene rings is 2. The van der Waals surface area contributed by atoms with Gasteiger partial charge in [0, 0.05) is 17.7 Å². The summed E-state index contributed by atoms with van der Waals surface area (Å²) in [6.45, 7) is -0.340. The molecule has 2 aromatic carbocycles. The van der Waals surface area contributed by atoms with Gasteiger partial charge in [-0.2, -0.15) is 5.10 Å². The number of rotatable bonds is 6. The zero-order chi connectivity index (χ0) is 22.5. The number of nitrogens with one attached hydrogen (secondary N) is 2. The molecule has 1 atom stereocenters. The maximum absolute atomic E-state index is 12.8. The molecule has 0 radical (unpaired) electrons. The first-order valence-electron chi connectivity index (χ1n) is 9.57. The van der Waals surface area contributed by atoms with Crippen LogP contribution in [-0.4, -0.2) is 40.6 Å².